The van der Waals surface area contributed by atoms with Gasteiger partial charge in [-0.25, -0.2) is 0 Å². The Morgan fingerprint density at radius 2 is 1.80 bits per heavy atom. The molecule has 2 aromatic rings. The number of nitrogens with one attached hydrogen (secondary N) is 1. The van der Waals surface area contributed by atoms with Gasteiger partial charge in [-0.05, 0) is 41.6 Å². The van der Waals surface area contributed by atoms with E-state index in [4.69, 9.17) is 5.73 Å². The number of amides is 1. The van der Waals surface area contributed by atoms with Gasteiger partial charge in [0, 0.05) is 23.5 Å². The molecule has 2 aromatic carbocycles. The first-order chi connectivity index (χ1) is 9.69. The maximum absolute atomic E-state index is 11.1. The minimum Gasteiger partial charge on any atom is -0.366 e. The molecule has 0 saturated heterocycles. The van der Waals surface area contributed by atoms with Crippen LogP contribution in [-0.4, -0.2) is 12.2 Å². The number of benzene rings is 2. The number of thioether (sulfide) groups is 1. The van der Waals surface area contributed by atoms with Crippen LogP contribution in [0.1, 0.15) is 21.5 Å². The quantitative estimate of drug-likeness (QED) is 0.803. The van der Waals surface area contributed by atoms with Crippen LogP contribution in [0.2, 0.25) is 0 Å². The average molecular weight is 286 g/mol. The van der Waals surface area contributed by atoms with Gasteiger partial charge >= 0.3 is 0 Å². The average Bonchev–Trinajstić information content (AvgIpc) is 2.48. The largest absolute Gasteiger partial charge is 0.366 e. The van der Waals surface area contributed by atoms with E-state index in [0.29, 0.717) is 12.1 Å². The number of carbonyl (C=O) groups is 1. The molecule has 2 rings (SSSR count). The van der Waals surface area contributed by atoms with Crippen molar-refractivity contribution < 1.29 is 4.79 Å². The highest BCUT2D eigenvalue weighted by Gasteiger charge is 2.01. The van der Waals surface area contributed by atoms with Crippen LogP contribution in [-0.2, 0) is 13.1 Å². The molecule has 0 fully saturated rings. The van der Waals surface area contributed by atoms with Crippen molar-refractivity contribution in [3.63, 3.8) is 0 Å². The zero-order valence-corrected chi connectivity index (χ0v) is 12.2. The zero-order valence-electron chi connectivity index (χ0n) is 11.4. The molecular formula is C16H18N2OS. The first-order valence-electron chi connectivity index (χ1n) is 6.41. The summed E-state index contributed by atoms with van der Waals surface area (Å²) in [5, 5.41) is 3.36. The summed E-state index contributed by atoms with van der Waals surface area (Å²) in [6, 6.07) is 15.9. The third-order valence-corrected chi connectivity index (χ3v) is 3.77. The Hall–Kier alpha value is -1.78. The molecule has 1 amide bonds. The molecule has 0 radical (unpaired) electrons. The zero-order chi connectivity index (χ0) is 14.4. The fraction of sp³-hybridized carbons (Fsp3) is 0.188. The van der Waals surface area contributed by atoms with E-state index in [0.717, 1.165) is 12.1 Å². The van der Waals surface area contributed by atoms with Gasteiger partial charge in [0.15, 0.2) is 0 Å². The van der Waals surface area contributed by atoms with E-state index < -0.39 is 0 Å². The molecule has 0 heterocycles. The molecule has 4 heteroatoms. The number of nitrogens with two attached hydrogens (primary N) is 1. The third kappa shape index (κ3) is 4.11. The predicted octanol–water partition coefficient (Wildman–Crippen LogP) is 2.80. The van der Waals surface area contributed by atoms with Crippen LogP contribution >= 0.6 is 11.8 Å². The smallest absolute Gasteiger partial charge is 0.248 e. The topological polar surface area (TPSA) is 55.1 Å². The molecule has 0 saturated carbocycles. The molecule has 0 unspecified atom stereocenters. The van der Waals surface area contributed by atoms with E-state index in [-0.39, 0.29) is 5.91 Å². The molecule has 0 aliphatic heterocycles. The highest BCUT2D eigenvalue weighted by atomic mass is 32.2. The number of hydrogen-bond donors (Lipinski definition) is 2. The highest BCUT2D eigenvalue weighted by molar-refractivity contribution is 7.98. The lowest BCUT2D eigenvalue weighted by Crippen LogP contribution is -2.14. The summed E-state index contributed by atoms with van der Waals surface area (Å²) in [7, 11) is 0. The SMILES string of the molecule is CSc1ccc(CNCc2cccc(C(N)=O)c2)cc1. The van der Waals surface area contributed by atoms with Gasteiger partial charge in [-0.1, -0.05) is 24.3 Å². The van der Waals surface area contributed by atoms with E-state index in [1.54, 1.807) is 17.8 Å². The second-order valence-corrected chi connectivity index (χ2v) is 5.40. The molecule has 0 atom stereocenters. The highest BCUT2D eigenvalue weighted by Crippen LogP contribution is 2.14. The van der Waals surface area contributed by atoms with Crippen LogP contribution in [0, 0.1) is 0 Å². The van der Waals surface area contributed by atoms with Crippen LogP contribution in [0.15, 0.2) is 53.4 Å². The van der Waals surface area contributed by atoms with Crippen LogP contribution in [0.3, 0.4) is 0 Å². The summed E-state index contributed by atoms with van der Waals surface area (Å²) in [6.07, 6.45) is 2.07. The van der Waals surface area contributed by atoms with Gasteiger partial charge in [-0.3, -0.25) is 4.79 Å². The Labute approximate surface area is 123 Å². The van der Waals surface area contributed by atoms with E-state index >= 15 is 0 Å². The summed E-state index contributed by atoms with van der Waals surface area (Å²) >= 11 is 1.74. The molecular weight excluding hydrogens is 268 g/mol. The molecule has 104 valence electrons. The second-order valence-electron chi connectivity index (χ2n) is 4.52. The predicted molar refractivity (Wildman–Crippen MR) is 83.7 cm³/mol. The van der Waals surface area contributed by atoms with Crippen molar-refractivity contribution in [2.75, 3.05) is 6.26 Å². The Kier molecular flexibility index (Phi) is 5.21. The van der Waals surface area contributed by atoms with E-state index in [9.17, 15) is 4.79 Å². The number of hydrogen-bond acceptors (Lipinski definition) is 3. The van der Waals surface area contributed by atoms with E-state index in [2.05, 4.69) is 35.8 Å². The molecule has 0 bridgehead atoms. The van der Waals surface area contributed by atoms with Crippen LogP contribution in [0.25, 0.3) is 0 Å². The van der Waals surface area contributed by atoms with Crippen LogP contribution in [0.4, 0.5) is 0 Å². The Balaban J connectivity index is 1.88. The summed E-state index contributed by atoms with van der Waals surface area (Å²) in [5.41, 5.74) is 8.12. The van der Waals surface area contributed by atoms with Gasteiger partial charge in [0.25, 0.3) is 0 Å². The molecule has 20 heavy (non-hydrogen) atoms. The van der Waals surface area contributed by atoms with Gasteiger partial charge in [0.1, 0.15) is 0 Å². The van der Waals surface area contributed by atoms with Crippen LogP contribution < -0.4 is 11.1 Å². The van der Waals surface area contributed by atoms with Gasteiger partial charge in [-0.15, -0.1) is 11.8 Å². The summed E-state index contributed by atoms with van der Waals surface area (Å²) in [6.45, 7) is 1.51. The van der Waals surface area contributed by atoms with Crippen molar-refractivity contribution in [1.29, 1.82) is 0 Å². The fourth-order valence-corrected chi connectivity index (χ4v) is 2.34. The Bertz CT molecular complexity index is 581. The lowest BCUT2D eigenvalue weighted by molar-refractivity contribution is 0.1000. The maximum Gasteiger partial charge on any atom is 0.248 e. The first-order valence-corrected chi connectivity index (χ1v) is 7.64. The van der Waals surface area contributed by atoms with E-state index in [1.165, 1.54) is 10.5 Å². The molecule has 0 aromatic heterocycles. The summed E-state index contributed by atoms with van der Waals surface area (Å²) in [5.74, 6) is -0.389. The number of primary amides is 1. The number of carbonyl (C=O) groups excluding carboxylic acids is 1. The van der Waals surface area contributed by atoms with Crippen molar-refractivity contribution in [3.8, 4) is 0 Å². The molecule has 0 aliphatic rings. The molecule has 3 nitrogen and oxygen atoms in total. The van der Waals surface area contributed by atoms with Gasteiger partial charge in [0.05, 0.1) is 0 Å². The minimum atomic E-state index is -0.389. The van der Waals surface area contributed by atoms with Crippen molar-refractivity contribution in [3.05, 3.63) is 65.2 Å². The van der Waals surface area contributed by atoms with E-state index in [1.807, 2.05) is 18.2 Å². The third-order valence-electron chi connectivity index (χ3n) is 3.03. The normalized spacial score (nSPS) is 10.4. The Morgan fingerprint density at radius 1 is 1.10 bits per heavy atom. The second kappa shape index (κ2) is 7.12. The lowest BCUT2D eigenvalue weighted by Gasteiger charge is -2.07. The summed E-state index contributed by atoms with van der Waals surface area (Å²) < 4.78 is 0. The maximum atomic E-state index is 11.1. The van der Waals surface area contributed by atoms with Gasteiger partial charge in [0.2, 0.25) is 5.91 Å². The monoisotopic (exact) mass is 286 g/mol. The van der Waals surface area contributed by atoms with Crippen molar-refractivity contribution in [2.45, 2.75) is 18.0 Å². The molecule has 3 N–H and O–H groups in total. The first kappa shape index (κ1) is 14.6. The standard InChI is InChI=1S/C16H18N2OS/c1-20-15-7-5-12(6-8-15)10-18-11-13-3-2-4-14(9-13)16(17)19/h2-9,18H,10-11H2,1H3,(H2,17,19). The fourth-order valence-electron chi connectivity index (χ4n) is 1.93. The molecule has 0 spiro atoms. The Morgan fingerprint density at radius 3 is 2.45 bits per heavy atom. The van der Waals surface area contributed by atoms with Crippen molar-refractivity contribution in [2.24, 2.45) is 5.73 Å². The van der Waals surface area contributed by atoms with Crippen molar-refractivity contribution >= 4 is 17.7 Å². The lowest BCUT2D eigenvalue weighted by atomic mass is 10.1. The number of rotatable bonds is 6. The van der Waals surface area contributed by atoms with Crippen molar-refractivity contribution in [1.82, 2.24) is 5.32 Å². The van der Waals surface area contributed by atoms with Crippen LogP contribution in [0.5, 0.6) is 0 Å². The van der Waals surface area contributed by atoms with Gasteiger partial charge in [-0.2, -0.15) is 0 Å². The molecule has 0 aliphatic carbocycles. The summed E-state index contributed by atoms with van der Waals surface area (Å²) in [4.78, 5) is 12.4. The van der Waals surface area contributed by atoms with Gasteiger partial charge < -0.3 is 11.1 Å². The minimum absolute atomic E-state index is 0.389.